The molecule has 33 nitrogen and oxygen atoms in total. The number of sulfonamides is 1. The van der Waals surface area contributed by atoms with Gasteiger partial charge < -0.3 is 86.6 Å². The van der Waals surface area contributed by atoms with Crippen molar-refractivity contribution < 1.29 is 98.5 Å². The summed E-state index contributed by atoms with van der Waals surface area (Å²) in [5.41, 5.74) is 2.01. The fraction of sp³-hybridized carbons (Fsp3) is 0.403. The largest absolute Gasteiger partial charge is 0.493 e. The Balaban J connectivity index is 0.713. The van der Waals surface area contributed by atoms with Gasteiger partial charge in [0.15, 0.2) is 5.82 Å². The predicted octanol–water partition coefficient (Wildman–Crippen LogP) is 7.86. The Kier molecular flexibility index (Phi) is 30.8. The molecule has 1 saturated heterocycles. The monoisotopic (exact) mass is 1550 g/mol. The number of likely N-dealkylation sites (tertiary alicyclic amines) is 1. The molecule has 8 rings (SSSR count). The molecule has 0 spiro atoms. The number of carboxylic acids is 2. The van der Waals surface area contributed by atoms with Gasteiger partial charge in [-0.25, -0.2) is 45.8 Å². The molecule has 1 fully saturated rings. The molecule has 0 radical (unpaired) electrons. The van der Waals surface area contributed by atoms with Crippen LogP contribution in [0, 0.1) is 17.6 Å². The lowest BCUT2D eigenvalue weighted by atomic mass is 10.0. The van der Waals surface area contributed by atoms with E-state index in [-0.39, 0.29) is 128 Å². The summed E-state index contributed by atoms with van der Waals surface area (Å²) in [5.74, 6) is -7.79. The summed E-state index contributed by atoms with van der Waals surface area (Å²) in [5, 5.41) is 43.3. The summed E-state index contributed by atoms with van der Waals surface area (Å²) in [4.78, 5) is 126. The lowest BCUT2D eigenvalue weighted by Crippen LogP contribution is -2.56. The van der Waals surface area contributed by atoms with E-state index in [4.69, 9.17) is 23.7 Å². The Morgan fingerprint density at radius 2 is 1.39 bits per heavy atom. The number of halogens is 2. The van der Waals surface area contributed by atoms with Crippen LogP contribution in [0.3, 0.4) is 0 Å². The Hall–Kier alpha value is -11.2. The summed E-state index contributed by atoms with van der Waals surface area (Å²) in [6, 6.07) is 18.9. The van der Waals surface area contributed by atoms with Crippen molar-refractivity contribution >= 4 is 108 Å². The fourth-order valence-electron chi connectivity index (χ4n) is 11.3. The van der Waals surface area contributed by atoms with Crippen LogP contribution in [0.1, 0.15) is 89.8 Å². The van der Waals surface area contributed by atoms with Gasteiger partial charge >= 0.3 is 30.0 Å². The second-order valence-corrected chi connectivity index (χ2v) is 29.8. The van der Waals surface area contributed by atoms with E-state index >= 15 is 4.39 Å². The number of amides is 10. The zero-order valence-electron chi connectivity index (χ0n) is 60.4. The third-order valence-electron chi connectivity index (χ3n) is 16.4. The van der Waals surface area contributed by atoms with Gasteiger partial charge in [-0.3, -0.25) is 33.5 Å². The molecule has 5 aromatic carbocycles. The topological polar surface area (TPSA) is 453 Å². The van der Waals surface area contributed by atoms with E-state index in [1.807, 2.05) is 6.92 Å². The van der Waals surface area contributed by atoms with Crippen LogP contribution in [0.25, 0.3) is 11.3 Å². The zero-order valence-corrected chi connectivity index (χ0v) is 62.0. The molecule has 3 heterocycles. The van der Waals surface area contributed by atoms with Crippen molar-refractivity contribution in [1.82, 2.24) is 41.5 Å². The number of carbonyl (C=O) groups is 9. The number of anilines is 6. The molecule has 586 valence electrons. The van der Waals surface area contributed by atoms with E-state index in [0.717, 1.165) is 23.2 Å². The molecule has 10 amide bonds. The summed E-state index contributed by atoms with van der Waals surface area (Å²) in [6.07, 6.45) is 1.60. The number of rotatable bonds is 34. The van der Waals surface area contributed by atoms with Gasteiger partial charge in [-0.2, -0.15) is 4.36 Å². The van der Waals surface area contributed by atoms with Gasteiger partial charge in [0.25, 0.3) is 15.9 Å². The van der Waals surface area contributed by atoms with Crippen LogP contribution in [-0.2, 0) is 68.5 Å². The maximum atomic E-state index is 15.2. The SMILES string of the molecule is CCCNC(=O)Nc1cccc(S(=O)(=O)Nc2cccc([C@@H](CC(=O)O)NC(=O)Nc3ccc(NC(=O)NCCOCCOCCOCCC(=O)N[C@@H](CC(=O)O)C(=O)N4CCC[C@H]4C(=O)N[C@H](C(=O)N=[S@](C)(=O)Cc4cc5cc(c4)O[C@H](C)CCOc4cc(F)ccc4-c4nc(ncc4F)N5)C(C)C)cc3)c2)c1. The van der Waals surface area contributed by atoms with Crippen molar-refractivity contribution in [3.8, 4) is 22.8 Å². The lowest BCUT2D eigenvalue weighted by Gasteiger charge is -2.29. The van der Waals surface area contributed by atoms with E-state index in [1.165, 1.54) is 85.1 Å². The van der Waals surface area contributed by atoms with E-state index in [9.17, 15) is 70.4 Å². The highest BCUT2D eigenvalue weighted by atomic mass is 32.2. The predicted molar refractivity (Wildman–Crippen MR) is 397 cm³/mol. The third-order valence-corrected chi connectivity index (χ3v) is 19.2. The van der Waals surface area contributed by atoms with Gasteiger partial charge in [-0.15, -0.1) is 0 Å². The lowest BCUT2D eigenvalue weighted by molar-refractivity contribution is -0.146. The third kappa shape index (κ3) is 26.6. The van der Waals surface area contributed by atoms with Crippen molar-refractivity contribution in [2.75, 3.05) is 98.1 Å². The highest BCUT2D eigenvalue weighted by Crippen LogP contribution is 2.34. The standard InChI is InChI=1S/C72H88F2N14O19S2/c1-6-23-75-70(97)81-50-11-8-13-54(38-50)109(101,102)86-51-12-7-10-46(35-51)57(39-62(90)91)83-72(99)80-49-18-16-48(17-19-49)79-71(98)76-24-28-104-30-32-105-31-29-103-26-22-61(89)82-58(40-63(92)93)68(96)88-25-9-14-59(88)66(94)84-64(43(2)3)67(95)87-108(5,100)42-45-33-52-37-53(34-45)107-44(4)21-27-106-60-36-47(73)15-20-55(60)65-56(74)41-77-69(78-52)85-65/h7-8,10-13,15-20,33-38,41,43-44,57-59,64,86H,6,9,14,21-32,39-40,42H2,1-5H3,(H,82,89)(H,84,94)(H,90,91)(H,92,93)(H2,75,81,97)(H2,76,79,98)(H,77,78,85)(H2,80,83,99)/t44-,57-,58+,59+,64+,108-/m1/s1. The van der Waals surface area contributed by atoms with Gasteiger partial charge in [-0.1, -0.05) is 39.0 Å². The number of aliphatic carboxylic acids is 2. The van der Waals surface area contributed by atoms with Crippen LogP contribution in [0.4, 0.5) is 57.5 Å². The normalized spacial score (nSPS) is 15.4. The maximum Gasteiger partial charge on any atom is 0.319 e. The first-order valence-corrected chi connectivity index (χ1v) is 38.4. The Morgan fingerprint density at radius 3 is 2.08 bits per heavy atom. The van der Waals surface area contributed by atoms with E-state index in [1.54, 1.807) is 39.0 Å². The molecule has 0 aliphatic carbocycles. The number of carboxylic acid groups (broad SMARTS) is 2. The van der Waals surface area contributed by atoms with Crippen molar-refractivity contribution in [2.45, 2.75) is 114 Å². The molecule has 2 aliphatic heterocycles. The van der Waals surface area contributed by atoms with Gasteiger partial charge in [0.2, 0.25) is 23.7 Å². The molecule has 12 N–H and O–H groups in total. The van der Waals surface area contributed by atoms with Crippen LogP contribution in [-0.4, -0.2) is 188 Å². The molecule has 0 unspecified atom stereocenters. The van der Waals surface area contributed by atoms with Gasteiger partial charge in [0, 0.05) is 84.9 Å². The van der Waals surface area contributed by atoms with Crippen molar-refractivity contribution in [2.24, 2.45) is 10.3 Å². The molecule has 0 saturated carbocycles. The number of hydrogen-bond donors (Lipinski definition) is 12. The van der Waals surface area contributed by atoms with Crippen molar-refractivity contribution in [1.29, 1.82) is 0 Å². The molecule has 109 heavy (non-hydrogen) atoms. The number of hydrogen-bond acceptors (Lipinski definition) is 20. The van der Waals surface area contributed by atoms with Gasteiger partial charge in [0.1, 0.15) is 41.1 Å². The summed E-state index contributed by atoms with van der Waals surface area (Å²) >= 11 is 0. The van der Waals surface area contributed by atoms with Crippen LogP contribution < -0.4 is 62.0 Å². The Labute approximate surface area is 627 Å². The minimum Gasteiger partial charge on any atom is -0.493 e. The van der Waals surface area contributed by atoms with Crippen LogP contribution in [0.15, 0.2) is 125 Å². The molecule has 6 aromatic rings. The number of nitrogens with zero attached hydrogens (tertiary/aromatic N) is 4. The van der Waals surface area contributed by atoms with Crippen LogP contribution in [0.2, 0.25) is 0 Å². The molecular formula is C72H88F2N14O19S2. The summed E-state index contributed by atoms with van der Waals surface area (Å²) < 4.78 is 106. The number of nitrogens with one attached hydrogen (secondary N) is 10. The van der Waals surface area contributed by atoms with Gasteiger partial charge in [-0.05, 0) is 122 Å². The van der Waals surface area contributed by atoms with Gasteiger partial charge in [0.05, 0.1) is 97.8 Å². The van der Waals surface area contributed by atoms with E-state index in [0.29, 0.717) is 48.5 Å². The Bertz CT molecular complexity index is 4500. The van der Waals surface area contributed by atoms with Crippen LogP contribution in [0.5, 0.6) is 11.5 Å². The number of aromatic nitrogens is 2. The molecule has 4 bridgehead atoms. The van der Waals surface area contributed by atoms with E-state index < -0.39 is 134 Å². The molecule has 1 aromatic heterocycles. The van der Waals surface area contributed by atoms with Crippen molar-refractivity contribution in [3.05, 3.63) is 138 Å². The minimum atomic E-state index is -4.19. The molecule has 2 aliphatic rings. The first-order valence-electron chi connectivity index (χ1n) is 34.8. The number of carbonyl (C=O) groups excluding carboxylic acids is 7. The molecule has 37 heteroatoms. The van der Waals surface area contributed by atoms with Crippen LogP contribution >= 0.6 is 0 Å². The zero-order chi connectivity index (χ0) is 78.8. The summed E-state index contributed by atoms with van der Waals surface area (Å²) in [7, 11) is -7.61. The smallest absolute Gasteiger partial charge is 0.319 e. The first kappa shape index (κ1) is 83.5. The number of ether oxygens (including phenoxy) is 5. The molecular weight excluding hydrogens is 1470 g/mol. The number of fused-ring (bicyclic) bond motifs is 6. The highest BCUT2D eigenvalue weighted by Gasteiger charge is 2.40. The fourth-order valence-corrected chi connectivity index (χ4v) is 13.7. The average Bonchev–Trinajstić information content (AvgIpc) is 1.14. The average molecular weight is 1560 g/mol. The number of urea groups is 3. The number of benzene rings is 5. The summed E-state index contributed by atoms with van der Waals surface area (Å²) in [6.45, 7) is 8.01. The maximum absolute atomic E-state index is 15.2. The second-order valence-electron chi connectivity index (χ2n) is 25.7. The Morgan fingerprint density at radius 1 is 0.725 bits per heavy atom. The highest BCUT2D eigenvalue weighted by molar-refractivity contribution is 7.93. The molecule has 6 atom stereocenters. The first-order chi connectivity index (χ1) is 52.0. The quantitative estimate of drug-likeness (QED) is 0.0171. The van der Waals surface area contributed by atoms with Crippen molar-refractivity contribution in [3.63, 3.8) is 0 Å². The van der Waals surface area contributed by atoms with E-state index in [2.05, 4.69) is 66.9 Å². The second kappa shape index (κ2) is 40.2. The minimum absolute atomic E-state index is 0.0323.